The first kappa shape index (κ1) is 26.8. The molecule has 0 spiro atoms. The Hall–Kier alpha value is -2.21. The van der Waals surface area contributed by atoms with E-state index in [1.807, 2.05) is 6.26 Å². The summed E-state index contributed by atoms with van der Waals surface area (Å²) < 4.78 is 5.13. The van der Waals surface area contributed by atoms with Crippen molar-refractivity contribution in [2.24, 2.45) is 0 Å². The minimum Gasteiger partial charge on any atom is -0.480 e. The third kappa shape index (κ3) is 10.8. The van der Waals surface area contributed by atoms with Gasteiger partial charge in [0.1, 0.15) is 17.7 Å². The molecule has 0 unspecified atom stereocenters. The Labute approximate surface area is 174 Å². The average Bonchev–Trinajstić information content (AvgIpc) is 2.58. The average molecular weight is 437 g/mol. The van der Waals surface area contributed by atoms with E-state index in [0.29, 0.717) is 5.75 Å². The number of amides is 4. The molecule has 0 aromatic rings. The number of carbonyl (C=O) groups excluding carboxylic acids is 3. The highest BCUT2D eigenvalue weighted by Gasteiger charge is 2.29. The highest BCUT2D eigenvalue weighted by Crippen LogP contribution is 2.08. The SMILES string of the molecule is CSCC[C@H](NC(=O)N(NC(=O)OC(C)(C)C)C(C)C)C(=O)N[C@@H](CO)C(=O)O. The second-order valence-electron chi connectivity index (χ2n) is 7.44. The van der Waals surface area contributed by atoms with E-state index in [1.54, 1.807) is 34.6 Å². The number of rotatable bonds is 9. The Morgan fingerprint density at radius 2 is 1.69 bits per heavy atom. The largest absolute Gasteiger partial charge is 0.480 e. The molecule has 168 valence electrons. The maximum Gasteiger partial charge on any atom is 0.426 e. The van der Waals surface area contributed by atoms with Gasteiger partial charge < -0.3 is 25.6 Å². The van der Waals surface area contributed by atoms with E-state index >= 15 is 0 Å². The van der Waals surface area contributed by atoms with Crippen molar-refractivity contribution in [1.82, 2.24) is 21.1 Å². The van der Waals surface area contributed by atoms with Crippen LogP contribution in [0.3, 0.4) is 0 Å². The molecule has 0 radical (unpaired) electrons. The van der Waals surface area contributed by atoms with Gasteiger partial charge in [-0.15, -0.1) is 0 Å². The number of carbonyl (C=O) groups is 4. The normalized spacial score (nSPS) is 13.2. The van der Waals surface area contributed by atoms with Crippen LogP contribution >= 0.6 is 11.8 Å². The third-order valence-electron chi connectivity index (χ3n) is 3.37. The Balaban J connectivity index is 5.25. The number of aliphatic hydroxyl groups excluding tert-OH is 1. The molecule has 0 aromatic carbocycles. The molecule has 0 aliphatic rings. The second-order valence-corrected chi connectivity index (χ2v) is 8.43. The van der Waals surface area contributed by atoms with Crippen molar-refractivity contribution in [3.63, 3.8) is 0 Å². The molecule has 0 heterocycles. The zero-order valence-electron chi connectivity index (χ0n) is 17.6. The van der Waals surface area contributed by atoms with E-state index in [1.165, 1.54) is 11.8 Å². The molecule has 5 N–H and O–H groups in total. The van der Waals surface area contributed by atoms with Gasteiger partial charge in [-0.2, -0.15) is 11.8 Å². The van der Waals surface area contributed by atoms with Gasteiger partial charge in [-0.05, 0) is 53.0 Å². The third-order valence-corrected chi connectivity index (χ3v) is 4.01. The molecule has 0 aliphatic carbocycles. The first-order chi connectivity index (χ1) is 13.3. The minimum absolute atomic E-state index is 0.217. The standard InChI is InChI=1S/C17H32N4O7S/c1-10(2)21(20-16(27)28-17(3,4)5)15(26)19-11(7-8-29-6)13(23)18-12(9-22)14(24)25/h10-12,22H,7-9H2,1-6H3,(H,18,23)(H,19,26)(H,20,27)(H,24,25)/t11-,12-/m0/s1. The number of nitrogens with one attached hydrogen (secondary N) is 3. The van der Waals surface area contributed by atoms with Crippen molar-refractivity contribution < 1.29 is 34.1 Å². The Kier molecular flexibility index (Phi) is 11.4. The van der Waals surface area contributed by atoms with Crippen molar-refractivity contribution in [2.45, 2.75) is 64.8 Å². The fourth-order valence-corrected chi connectivity index (χ4v) is 2.47. The summed E-state index contributed by atoms with van der Waals surface area (Å²) in [5, 5.41) is 23.7. The van der Waals surface area contributed by atoms with Gasteiger partial charge in [-0.1, -0.05) is 0 Å². The van der Waals surface area contributed by atoms with Crippen LogP contribution in [0.4, 0.5) is 9.59 Å². The van der Waals surface area contributed by atoms with E-state index < -0.39 is 54.3 Å². The molecule has 0 fully saturated rings. The quantitative estimate of drug-likeness (QED) is 0.328. The number of aliphatic hydroxyl groups is 1. The summed E-state index contributed by atoms with van der Waals surface area (Å²) in [6.07, 6.45) is 1.20. The van der Waals surface area contributed by atoms with Crippen molar-refractivity contribution in [3.05, 3.63) is 0 Å². The number of carboxylic acids is 1. The van der Waals surface area contributed by atoms with Gasteiger partial charge in [0.2, 0.25) is 5.91 Å². The smallest absolute Gasteiger partial charge is 0.426 e. The molecule has 0 aliphatic heterocycles. The van der Waals surface area contributed by atoms with Crippen LogP contribution in [0.5, 0.6) is 0 Å². The Morgan fingerprint density at radius 1 is 1.10 bits per heavy atom. The van der Waals surface area contributed by atoms with Crippen molar-refractivity contribution in [3.8, 4) is 0 Å². The molecule has 0 saturated heterocycles. The zero-order valence-corrected chi connectivity index (χ0v) is 18.5. The second kappa shape index (κ2) is 12.4. The summed E-state index contributed by atoms with van der Waals surface area (Å²) >= 11 is 1.44. The van der Waals surface area contributed by atoms with Crippen LogP contribution in [0.15, 0.2) is 0 Å². The van der Waals surface area contributed by atoms with E-state index in [2.05, 4.69) is 16.1 Å². The molecule has 0 aromatic heterocycles. The van der Waals surface area contributed by atoms with Gasteiger partial charge in [0.25, 0.3) is 0 Å². The highest BCUT2D eigenvalue weighted by atomic mass is 32.2. The summed E-state index contributed by atoms with van der Waals surface area (Å²) in [7, 11) is 0. The maximum atomic E-state index is 12.6. The molecule has 0 bridgehead atoms. The molecule has 0 saturated carbocycles. The number of aliphatic carboxylic acids is 1. The Bertz CT molecular complexity index is 581. The van der Waals surface area contributed by atoms with E-state index in [-0.39, 0.29) is 6.42 Å². The van der Waals surface area contributed by atoms with Crippen LogP contribution in [0.25, 0.3) is 0 Å². The predicted octanol–water partition coefficient (Wildman–Crippen LogP) is 0.530. The van der Waals surface area contributed by atoms with E-state index in [9.17, 15) is 19.2 Å². The van der Waals surface area contributed by atoms with Crippen LogP contribution in [-0.2, 0) is 14.3 Å². The first-order valence-corrected chi connectivity index (χ1v) is 10.4. The summed E-state index contributed by atoms with van der Waals surface area (Å²) in [5.41, 5.74) is 1.57. The van der Waals surface area contributed by atoms with Gasteiger partial charge in [-0.3, -0.25) is 4.79 Å². The predicted molar refractivity (Wildman–Crippen MR) is 108 cm³/mol. The van der Waals surface area contributed by atoms with Gasteiger partial charge in [-0.25, -0.2) is 24.8 Å². The number of hydrogen-bond donors (Lipinski definition) is 5. The summed E-state index contributed by atoms with van der Waals surface area (Å²) in [5.74, 6) is -1.64. The van der Waals surface area contributed by atoms with Gasteiger partial charge in [0.15, 0.2) is 0 Å². The van der Waals surface area contributed by atoms with Crippen LogP contribution < -0.4 is 16.1 Å². The number of carboxylic acid groups (broad SMARTS) is 1. The molecule has 11 nitrogen and oxygen atoms in total. The van der Waals surface area contributed by atoms with Crippen LogP contribution in [0.1, 0.15) is 41.0 Å². The van der Waals surface area contributed by atoms with Gasteiger partial charge in [0, 0.05) is 6.04 Å². The van der Waals surface area contributed by atoms with E-state index in [0.717, 1.165) is 5.01 Å². The summed E-state index contributed by atoms with van der Waals surface area (Å²) in [6.45, 7) is 7.54. The number of thioether (sulfide) groups is 1. The number of hydrogen-bond acceptors (Lipinski definition) is 7. The monoisotopic (exact) mass is 436 g/mol. The lowest BCUT2D eigenvalue weighted by Gasteiger charge is -2.30. The first-order valence-electron chi connectivity index (χ1n) is 9.04. The highest BCUT2D eigenvalue weighted by molar-refractivity contribution is 7.98. The molecule has 29 heavy (non-hydrogen) atoms. The van der Waals surface area contributed by atoms with Crippen molar-refractivity contribution in [2.75, 3.05) is 18.6 Å². The lowest BCUT2D eigenvalue weighted by atomic mass is 10.2. The topological polar surface area (TPSA) is 157 Å². The zero-order chi connectivity index (χ0) is 22.8. The lowest BCUT2D eigenvalue weighted by molar-refractivity contribution is -0.143. The molecule has 0 rings (SSSR count). The van der Waals surface area contributed by atoms with Gasteiger partial charge in [0.05, 0.1) is 6.61 Å². The van der Waals surface area contributed by atoms with Crippen molar-refractivity contribution >= 4 is 35.8 Å². The van der Waals surface area contributed by atoms with Crippen molar-refractivity contribution in [1.29, 1.82) is 0 Å². The Morgan fingerprint density at radius 3 is 2.10 bits per heavy atom. The summed E-state index contributed by atoms with van der Waals surface area (Å²) in [6, 6.07) is -3.78. The van der Waals surface area contributed by atoms with E-state index in [4.69, 9.17) is 14.9 Å². The number of ether oxygens (including phenoxy) is 1. The van der Waals surface area contributed by atoms with Crippen LogP contribution in [-0.4, -0.2) is 81.6 Å². The molecule has 12 heteroatoms. The maximum absolute atomic E-state index is 12.6. The number of nitrogens with zero attached hydrogens (tertiary/aromatic N) is 1. The lowest BCUT2D eigenvalue weighted by Crippen LogP contribution is -2.59. The molecule has 2 atom stereocenters. The minimum atomic E-state index is -1.49. The number of urea groups is 1. The summed E-state index contributed by atoms with van der Waals surface area (Å²) in [4.78, 5) is 48.1. The molecular weight excluding hydrogens is 404 g/mol. The van der Waals surface area contributed by atoms with Gasteiger partial charge >= 0.3 is 18.1 Å². The number of hydrazine groups is 1. The van der Waals surface area contributed by atoms with Crippen LogP contribution in [0.2, 0.25) is 0 Å². The fourth-order valence-electron chi connectivity index (χ4n) is 1.99. The molecular formula is C17H32N4O7S. The molecule has 4 amide bonds. The van der Waals surface area contributed by atoms with Crippen LogP contribution in [0, 0.1) is 0 Å². The fraction of sp³-hybridized carbons (Fsp3) is 0.765.